The van der Waals surface area contributed by atoms with Crippen molar-refractivity contribution < 1.29 is 18.7 Å². The van der Waals surface area contributed by atoms with Crippen LogP contribution >= 0.6 is 0 Å². The molecule has 4 heterocycles. The van der Waals surface area contributed by atoms with Gasteiger partial charge in [0.25, 0.3) is 11.8 Å². The van der Waals surface area contributed by atoms with Crippen molar-refractivity contribution in [1.29, 1.82) is 0 Å². The lowest BCUT2D eigenvalue weighted by Crippen LogP contribution is -2.68. The van der Waals surface area contributed by atoms with Crippen molar-refractivity contribution in [1.82, 2.24) is 19.8 Å². The maximum Gasteiger partial charge on any atom is 0.256 e. The highest BCUT2D eigenvalue weighted by Crippen LogP contribution is 2.57. The monoisotopic (exact) mass is 484 g/mol. The van der Waals surface area contributed by atoms with Crippen molar-refractivity contribution in [3.05, 3.63) is 59.1 Å². The Morgan fingerprint density at radius 1 is 1.19 bits per heavy atom. The molecule has 4 aromatic rings. The quantitative estimate of drug-likeness (QED) is 0.430. The van der Waals surface area contributed by atoms with Crippen molar-refractivity contribution >= 4 is 28.3 Å². The molecule has 4 fully saturated rings. The SMILES string of the molecule is Cc1oc2cc(Oc3ccnn4cc(C(=O)N5CC[C@@H]5C)c(C)c34)ccc2c1C(=O)NC12CC(C1)C2. The Kier molecular flexibility index (Phi) is 4.38. The number of ether oxygens (including phenoxy) is 1. The van der Waals surface area contributed by atoms with E-state index in [2.05, 4.69) is 17.3 Å². The Balaban J connectivity index is 1.19. The zero-order valence-corrected chi connectivity index (χ0v) is 20.6. The minimum atomic E-state index is -0.0635. The van der Waals surface area contributed by atoms with Crippen molar-refractivity contribution in [2.24, 2.45) is 5.92 Å². The molecule has 1 atom stereocenters. The van der Waals surface area contributed by atoms with Gasteiger partial charge in [0.15, 0.2) is 5.75 Å². The van der Waals surface area contributed by atoms with E-state index in [1.165, 1.54) is 0 Å². The van der Waals surface area contributed by atoms with Gasteiger partial charge in [0, 0.05) is 41.8 Å². The Morgan fingerprint density at radius 2 is 2.00 bits per heavy atom. The van der Waals surface area contributed by atoms with Crippen molar-refractivity contribution in [2.75, 3.05) is 6.54 Å². The van der Waals surface area contributed by atoms with Gasteiger partial charge in [-0.05, 0) is 70.1 Å². The zero-order valence-electron chi connectivity index (χ0n) is 20.6. The Labute approximate surface area is 208 Å². The molecule has 8 heteroatoms. The van der Waals surface area contributed by atoms with E-state index in [-0.39, 0.29) is 23.4 Å². The highest BCUT2D eigenvalue weighted by Gasteiger charge is 2.57. The fraction of sp³-hybridized carbons (Fsp3) is 0.393. The van der Waals surface area contributed by atoms with Gasteiger partial charge in [-0.15, -0.1) is 0 Å². The first-order valence-corrected chi connectivity index (χ1v) is 12.6. The summed E-state index contributed by atoms with van der Waals surface area (Å²) in [5, 5.41) is 8.41. The second kappa shape index (κ2) is 7.35. The maximum atomic E-state index is 13.0. The highest BCUT2D eigenvalue weighted by molar-refractivity contribution is 6.08. The number of hydrogen-bond donors (Lipinski definition) is 1. The summed E-state index contributed by atoms with van der Waals surface area (Å²) in [6.45, 7) is 6.60. The van der Waals surface area contributed by atoms with E-state index >= 15 is 0 Å². The van der Waals surface area contributed by atoms with Crippen molar-refractivity contribution in [3.8, 4) is 11.5 Å². The van der Waals surface area contributed by atoms with Gasteiger partial charge < -0.3 is 19.4 Å². The van der Waals surface area contributed by atoms with Crippen LogP contribution in [0.4, 0.5) is 0 Å². The summed E-state index contributed by atoms with van der Waals surface area (Å²) in [5.41, 5.74) is 3.44. The highest BCUT2D eigenvalue weighted by atomic mass is 16.5. The van der Waals surface area contributed by atoms with E-state index in [0.717, 1.165) is 54.6 Å². The van der Waals surface area contributed by atoms with Crippen LogP contribution in [0.3, 0.4) is 0 Å². The third kappa shape index (κ3) is 3.03. The van der Waals surface area contributed by atoms with Crippen LogP contribution in [-0.4, -0.2) is 44.5 Å². The number of nitrogens with zero attached hydrogens (tertiary/aromatic N) is 3. The number of hydrogen-bond acceptors (Lipinski definition) is 5. The number of carbonyl (C=O) groups is 2. The lowest BCUT2D eigenvalue weighted by Gasteiger charge is -2.61. The zero-order chi connectivity index (χ0) is 24.8. The largest absolute Gasteiger partial charge is 0.460 e. The van der Waals surface area contributed by atoms with Gasteiger partial charge in [-0.25, -0.2) is 4.52 Å². The molecule has 3 saturated carbocycles. The molecular formula is C28H28N4O4. The number of aryl methyl sites for hydroxylation is 2. The van der Waals surface area contributed by atoms with Gasteiger partial charge in [-0.3, -0.25) is 9.59 Å². The second-order valence-corrected chi connectivity index (χ2v) is 10.8. The molecule has 1 aromatic carbocycles. The van der Waals surface area contributed by atoms with Gasteiger partial charge in [-0.2, -0.15) is 5.10 Å². The molecule has 1 aliphatic heterocycles. The van der Waals surface area contributed by atoms with Gasteiger partial charge in [-0.1, -0.05) is 0 Å². The normalized spacial score (nSPS) is 24.2. The second-order valence-electron chi connectivity index (χ2n) is 10.8. The molecule has 1 saturated heterocycles. The Bertz CT molecular complexity index is 1560. The number of amides is 2. The molecule has 8 rings (SSSR count). The lowest BCUT2D eigenvalue weighted by molar-refractivity contribution is -0.0438. The smallest absolute Gasteiger partial charge is 0.256 e. The summed E-state index contributed by atoms with van der Waals surface area (Å²) in [7, 11) is 0. The minimum absolute atomic E-state index is 0.0105. The van der Waals surface area contributed by atoms with Gasteiger partial charge in [0.2, 0.25) is 0 Å². The molecule has 0 spiro atoms. The Morgan fingerprint density at radius 3 is 2.67 bits per heavy atom. The predicted molar refractivity (Wildman–Crippen MR) is 134 cm³/mol. The van der Waals surface area contributed by atoms with Crippen LogP contribution in [0.2, 0.25) is 0 Å². The summed E-state index contributed by atoms with van der Waals surface area (Å²) in [4.78, 5) is 28.0. The van der Waals surface area contributed by atoms with E-state index in [1.54, 1.807) is 23.0 Å². The molecule has 2 amide bonds. The molecule has 3 aliphatic carbocycles. The standard InChI is InChI=1S/C28H28N4O4/c1-15-7-9-31(15)27(34)21-14-32-25(16(21)2)22(6-8-29-32)36-19-4-5-20-23(10-19)35-17(3)24(20)26(33)30-28-11-18(12-28)13-28/h4-6,8,10,14-15,18H,7,9,11-13H2,1-3H3,(H,30,33)/t15-,18?,28?/m0/s1. The van der Waals surface area contributed by atoms with E-state index in [0.29, 0.717) is 34.0 Å². The molecule has 0 unspecified atom stereocenters. The fourth-order valence-corrected chi connectivity index (χ4v) is 6.10. The number of nitrogens with one attached hydrogen (secondary N) is 1. The molecule has 4 aliphatic rings. The predicted octanol–water partition coefficient (Wildman–Crippen LogP) is 5.01. The van der Waals surface area contributed by atoms with E-state index in [1.807, 2.05) is 36.9 Å². The van der Waals surface area contributed by atoms with Gasteiger partial charge in [0.05, 0.1) is 17.3 Å². The average molecular weight is 485 g/mol. The number of fused-ring (bicyclic) bond motifs is 2. The van der Waals surface area contributed by atoms with E-state index < -0.39 is 0 Å². The first-order valence-electron chi connectivity index (χ1n) is 12.6. The van der Waals surface area contributed by atoms with Crippen LogP contribution in [0.5, 0.6) is 11.5 Å². The topological polar surface area (TPSA) is 89.1 Å². The fourth-order valence-electron chi connectivity index (χ4n) is 6.10. The summed E-state index contributed by atoms with van der Waals surface area (Å²) in [5.74, 6) is 2.54. The van der Waals surface area contributed by atoms with Crippen LogP contribution in [0, 0.1) is 19.8 Å². The number of likely N-dealkylation sites (tertiary alicyclic amines) is 1. The van der Waals surface area contributed by atoms with Crippen LogP contribution < -0.4 is 10.1 Å². The average Bonchev–Trinajstić information content (AvgIpc) is 3.30. The molecular weight excluding hydrogens is 456 g/mol. The molecule has 1 N–H and O–H groups in total. The Hall–Kier alpha value is -3.81. The van der Waals surface area contributed by atoms with Crippen LogP contribution in [-0.2, 0) is 0 Å². The molecule has 184 valence electrons. The van der Waals surface area contributed by atoms with E-state index in [9.17, 15) is 9.59 Å². The summed E-state index contributed by atoms with van der Waals surface area (Å²) >= 11 is 0. The van der Waals surface area contributed by atoms with E-state index in [4.69, 9.17) is 9.15 Å². The van der Waals surface area contributed by atoms with Crippen LogP contribution in [0.15, 0.2) is 41.1 Å². The first-order chi connectivity index (χ1) is 17.3. The van der Waals surface area contributed by atoms with Gasteiger partial charge >= 0.3 is 0 Å². The number of benzene rings is 1. The minimum Gasteiger partial charge on any atom is -0.460 e. The summed E-state index contributed by atoms with van der Waals surface area (Å²) < 4.78 is 13.9. The molecule has 8 nitrogen and oxygen atoms in total. The number of rotatable bonds is 5. The third-order valence-corrected chi connectivity index (χ3v) is 8.41. The number of furan rings is 1. The molecule has 3 aromatic heterocycles. The molecule has 36 heavy (non-hydrogen) atoms. The first kappa shape index (κ1) is 21.5. The molecule has 2 bridgehead atoms. The van der Waals surface area contributed by atoms with Crippen LogP contribution in [0.25, 0.3) is 16.5 Å². The summed E-state index contributed by atoms with van der Waals surface area (Å²) in [6.07, 6.45) is 7.75. The molecule has 0 radical (unpaired) electrons. The lowest BCUT2D eigenvalue weighted by atomic mass is 9.50. The third-order valence-electron chi connectivity index (χ3n) is 8.41. The number of carbonyl (C=O) groups excluding carboxylic acids is 2. The van der Waals surface area contributed by atoms with Crippen molar-refractivity contribution in [2.45, 2.75) is 58.0 Å². The summed E-state index contributed by atoms with van der Waals surface area (Å²) in [6, 6.07) is 7.59. The van der Waals surface area contributed by atoms with Crippen molar-refractivity contribution in [3.63, 3.8) is 0 Å². The number of aromatic nitrogens is 2. The maximum absolute atomic E-state index is 13.0. The van der Waals surface area contributed by atoms with Gasteiger partial charge in [0.1, 0.15) is 22.6 Å². The van der Waals surface area contributed by atoms with Crippen LogP contribution in [0.1, 0.15) is 64.6 Å².